The van der Waals surface area contributed by atoms with E-state index in [1.54, 1.807) is 30.3 Å². The smallest absolute Gasteiger partial charge is 0.308 e. The van der Waals surface area contributed by atoms with Crippen LogP contribution < -0.4 is 24.8 Å². The minimum Gasteiger partial charge on any atom is -0.493 e. The van der Waals surface area contributed by atoms with Crippen molar-refractivity contribution in [3.63, 3.8) is 0 Å². The number of carbonyl (C=O) groups is 3. The normalized spacial score (nSPS) is 10.6. The summed E-state index contributed by atoms with van der Waals surface area (Å²) in [5.41, 5.74) is 1.88. The summed E-state index contributed by atoms with van der Waals surface area (Å²) in [6, 6.07) is 13.6. The highest BCUT2D eigenvalue weighted by atomic mass is 19.1. The Balaban J connectivity index is 1.56. The molecule has 4 aromatic rings. The summed E-state index contributed by atoms with van der Waals surface area (Å²) in [7, 11) is 1.47. The number of nitrogens with one attached hydrogen (secondary N) is 2. The highest BCUT2D eigenvalue weighted by Crippen LogP contribution is 2.37. The van der Waals surface area contributed by atoms with Gasteiger partial charge in [0.05, 0.1) is 31.5 Å². The number of hydrogen-bond donors (Lipinski definition) is 2. The molecule has 0 radical (unpaired) electrons. The van der Waals surface area contributed by atoms with Gasteiger partial charge in [-0.05, 0) is 68.1 Å². The van der Waals surface area contributed by atoms with Crippen molar-refractivity contribution in [2.75, 3.05) is 31.0 Å². The van der Waals surface area contributed by atoms with Crippen molar-refractivity contribution < 1.29 is 37.7 Å². The second-order valence-corrected chi connectivity index (χ2v) is 9.74. The Morgan fingerprint density at radius 1 is 0.818 bits per heavy atom. The van der Waals surface area contributed by atoms with Crippen LogP contribution in [0.25, 0.3) is 10.9 Å². The number of fused-ring (bicyclic) bond motifs is 1. The van der Waals surface area contributed by atoms with Crippen molar-refractivity contribution in [2.45, 2.75) is 39.5 Å². The quantitative estimate of drug-likeness (QED) is 0.0972. The van der Waals surface area contributed by atoms with Crippen LogP contribution >= 0.6 is 0 Å². The van der Waals surface area contributed by atoms with E-state index in [-0.39, 0.29) is 11.7 Å². The lowest BCUT2D eigenvalue weighted by Crippen LogP contribution is -2.12. The number of halogens is 1. The predicted octanol–water partition coefficient (Wildman–Crippen LogP) is 6.20. The van der Waals surface area contributed by atoms with Crippen molar-refractivity contribution in [3.05, 3.63) is 72.3 Å². The Labute approximate surface area is 253 Å². The number of rotatable bonds is 14. The second kappa shape index (κ2) is 15.3. The first kappa shape index (κ1) is 31.7. The van der Waals surface area contributed by atoms with Crippen LogP contribution in [-0.2, 0) is 14.3 Å². The second-order valence-electron chi connectivity index (χ2n) is 9.74. The Hall–Kier alpha value is -5.26. The summed E-state index contributed by atoms with van der Waals surface area (Å²) in [5.74, 6) is -0.211. The summed E-state index contributed by atoms with van der Waals surface area (Å²) >= 11 is 0. The number of ether oxygens (including phenoxy) is 4. The van der Waals surface area contributed by atoms with Gasteiger partial charge in [0, 0.05) is 42.6 Å². The molecular weight excluding hydrogens is 571 g/mol. The third kappa shape index (κ3) is 8.87. The first-order valence-corrected chi connectivity index (χ1v) is 14.0. The number of aromatic nitrogens is 2. The zero-order valence-corrected chi connectivity index (χ0v) is 24.6. The van der Waals surface area contributed by atoms with Gasteiger partial charge in [-0.2, -0.15) is 0 Å². The van der Waals surface area contributed by atoms with Crippen LogP contribution in [0.15, 0.2) is 60.9 Å². The van der Waals surface area contributed by atoms with Crippen molar-refractivity contribution in [3.8, 4) is 17.2 Å². The molecule has 0 bridgehead atoms. The number of benzene rings is 3. The molecule has 0 spiro atoms. The monoisotopic (exact) mass is 604 g/mol. The molecular formula is C32H33FN4O7. The van der Waals surface area contributed by atoms with Gasteiger partial charge in [0.15, 0.2) is 11.5 Å². The van der Waals surface area contributed by atoms with E-state index in [0.717, 1.165) is 25.7 Å². The Morgan fingerprint density at radius 3 is 2.27 bits per heavy atom. The first-order chi connectivity index (χ1) is 21.2. The van der Waals surface area contributed by atoms with Gasteiger partial charge in [-0.1, -0.05) is 0 Å². The maximum atomic E-state index is 13.3. The Kier molecular flexibility index (Phi) is 11.0. The SMILES string of the molecule is COc1cc2ncnc(Nc3ccc(NC(=O)c4ccc(F)cc4)cc3OCCCCCCOC(C)=O)c2cc1OC(C)=O. The van der Waals surface area contributed by atoms with E-state index in [1.165, 1.54) is 51.6 Å². The van der Waals surface area contributed by atoms with Gasteiger partial charge in [0.25, 0.3) is 5.91 Å². The van der Waals surface area contributed by atoms with Crippen molar-refractivity contribution in [1.29, 1.82) is 0 Å². The summed E-state index contributed by atoms with van der Waals surface area (Å²) in [6.45, 7) is 3.45. The molecule has 11 nitrogen and oxygen atoms in total. The molecule has 44 heavy (non-hydrogen) atoms. The van der Waals surface area contributed by atoms with E-state index in [1.807, 2.05) is 0 Å². The number of carbonyl (C=O) groups excluding carboxylic acids is 3. The fourth-order valence-corrected chi connectivity index (χ4v) is 4.27. The van der Waals surface area contributed by atoms with Gasteiger partial charge < -0.3 is 29.6 Å². The molecule has 0 unspecified atom stereocenters. The van der Waals surface area contributed by atoms with E-state index in [2.05, 4.69) is 20.6 Å². The molecule has 230 valence electrons. The minimum atomic E-state index is -0.505. The summed E-state index contributed by atoms with van der Waals surface area (Å²) < 4.78 is 35.1. The molecule has 0 saturated carbocycles. The van der Waals surface area contributed by atoms with Crippen LogP contribution in [0, 0.1) is 5.82 Å². The molecule has 0 fully saturated rings. The number of nitrogens with zero attached hydrogens (tertiary/aromatic N) is 2. The average Bonchev–Trinajstić information content (AvgIpc) is 2.99. The minimum absolute atomic E-state index is 0.217. The van der Waals surface area contributed by atoms with E-state index in [4.69, 9.17) is 18.9 Å². The lowest BCUT2D eigenvalue weighted by atomic mass is 10.1. The topological polar surface area (TPSA) is 138 Å². The predicted molar refractivity (Wildman–Crippen MR) is 162 cm³/mol. The van der Waals surface area contributed by atoms with Crippen molar-refractivity contribution in [1.82, 2.24) is 9.97 Å². The maximum Gasteiger partial charge on any atom is 0.308 e. The molecule has 2 N–H and O–H groups in total. The van der Waals surface area contributed by atoms with Gasteiger partial charge in [-0.3, -0.25) is 14.4 Å². The zero-order chi connectivity index (χ0) is 31.5. The van der Waals surface area contributed by atoms with Crippen molar-refractivity contribution in [2.24, 2.45) is 0 Å². The molecule has 0 aliphatic rings. The maximum absolute atomic E-state index is 13.3. The third-order valence-corrected chi connectivity index (χ3v) is 6.37. The zero-order valence-electron chi connectivity index (χ0n) is 24.6. The summed E-state index contributed by atoms with van der Waals surface area (Å²) in [6.07, 6.45) is 4.63. The molecule has 1 amide bonds. The number of esters is 2. The fourth-order valence-electron chi connectivity index (χ4n) is 4.27. The molecule has 12 heteroatoms. The van der Waals surface area contributed by atoms with Crippen LogP contribution in [0.2, 0.25) is 0 Å². The van der Waals surface area contributed by atoms with Gasteiger partial charge in [-0.15, -0.1) is 0 Å². The van der Waals surface area contributed by atoms with Crippen LogP contribution in [0.5, 0.6) is 17.2 Å². The van der Waals surface area contributed by atoms with E-state index >= 15 is 0 Å². The summed E-state index contributed by atoms with van der Waals surface area (Å²) in [4.78, 5) is 44.1. The van der Waals surface area contributed by atoms with E-state index in [0.29, 0.717) is 58.4 Å². The number of unbranched alkanes of at least 4 members (excludes halogenated alkanes) is 3. The molecule has 0 atom stereocenters. The number of hydrogen-bond acceptors (Lipinski definition) is 10. The van der Waals surface area contributed by atoms with Gasteiger partial charge in [-0.25, -0.2) is 14.4 Å². The van der Waals surface area contributed by atoms with Crippen LogP contribution in [-0.4, -0.2) is 48.1 Å². The molecule has 1 heterocycles. The molecule has 3 aromatic carbocycles. The van der Waals surface area contributed by atoms with E-state index < -0.39 is 17.7 Å². The summed E-state index contributed by atoms with van der Waals surface area (Å²) in [5, 5.41) is 6.65. The van der Waals surface area contributed by atoms with E-state index in [9.17, 15) is 18.8 Å². The average molecular weight is 605 g/mol. The van der Waals surface area contributed by atoms with Crippen LogP contribution in [0.4, 0.5) is 21.6 Å². The fraction of sp³-hybridized carbons (Fsp3) is 0.281. The Bertz CT molecular complexity index is 1630. The Morgan fingerprint density at radius 2 is 1.57 bits per heavy atom. The van der Waals surface area contributed by atoms with Crippen LogP contribution in [0.1, 0.15) is 49.9 Å². The van der Waals surface area contributed by atoms with Crippen LogP contribution in [0.3, 0.4) is 0 Å². The largest absolute Gasteiger partial charge is 0.493 e. The first-order valence-electron chi connectivity index (χ1n) is 14.0. The molecule has 1 aromatic heterocycles. The molecule has 0 aliphatic carbocycles. The molecule has 0 aliphatic heterocycles. The molecule has 0 saturated heterocycles. The molecule has 4 rings (SSSR count). The number of amides is 1. The highest BCUT2D eigenvalue weighted by Gasteiger charge is 2.16. The van der Waals surface area contributed by atoms with Gasteiger partial charge >= 0.3 is 11.9 Å². The lowest BCUT2D eigenvalue weighted by molar-refractivity contribution is -0.141. The standard InChI is InChI=1S/C32H33FN4O7/c1-20(38)42-14-6-4-5-7-15-43-28-16-24(36-32(40)22-8-10-23(33)11-9-22)12-13-26(28)37-31-25-17-30(44-21(2)39)29(41-3)18-27(25)34-19-35-31/h8-13,16-19H,4-7,14-15H2,1-3H3,(H,36,40)(H,34,35,37). The lowest BCUT2D eigenvalue weighted by Gasteiger charge is -2.16. The number of methoxy groups -OCH3 is 1. The van der Waals surface area contributed by atoms with Gasteiger partial charge in [0.1, 0.15) is 23.7 Å². The van der Waals surface area contributed by atoms with Crippen molar-refractivity contribution >= 4 is 45.9 Å². The third-order valence-electron chi connectivity index (χ3n) is 6.37. The number of anilines is 3. The highest BCUT2D eigenvalue weighted by molar-refractivity contribution is 6.04. The van der Waals surface area contributed by atoms with Gasteiger partial charge in [0.2, 0.25) is 0 Å².